The summed E-state index contributed by atoms with van der Waals surface area (Å²) < 4.78 is 0. The van der Waals surface area contributed by atoms with E-state index in [2.05, 4.69) is 30.9 Å². The van der Waals surface area contributed by atoms with Gasteiger partial charge in [-0.05, 0) is 0 Å². The zero-order valence-corrected chi connectivity index (χ0v) is 23.0. The van der Waals surface area contributed by atoms with Crippen molar-refractivity contribution in [2.45, 2.75) is 16.4 Å². The van der Waals surface area contributed by atoms with Gasteiger partial charge in [0.1, 0.15) is 29.2 Å². The van der Waals surface area contributed by atoms with Gasteiger partial charge in [-0.3, -0.25) is 14.5 Å². The molecule has 0 unspecified atom stereocenters. The predicted molar refractivity (Wildman–Crippen MR) is 122 cm³/mol. The van der Waals surface area contributed by atoms with Crippen LogP contribution in [0.25, 0.3) is 0 Å². The fraction of sp³-hybridized carbons (Fsp3) is 0.312. The topological polar surface area (TPSA) is 192 Å². The summed E-state index contributed by atoms with van der Waals surface area (Å²) in [5, 5.41) is 30.6. The van der Waals surface area contributed by atoms with Gasteiger partial charge in [-0.2, -0.15) is 10.3 Å². The molecule has 0 saturated carbocycles. The Morgan fingerprint density at radius 2 is 2.26 bits per heavy atom. The maximum atomic E-state index is 12.8. The number of β-lactam (4-membered cyclic amide) rings is 1. The molecule has 2 atom stereocenters. The summed E-state index contributed by atoms with van der Waals surface area (Å²) >= 11 is 5.12. The standard InChI is InChI=1S/C16H16N8O5S4.Na/c1-29-22-9(6-3-31-16(17)19-6)12(25)20-10-13(26)24-11(15(27)28)7(4-30-14(10)24)32-5-33-8-2-18-23-21-8;/h2-3,10,14H,4-5H2,1H3,(H2,17,19)(H,20,25)(H,27,28)(H,18,21,23);/q;+1/p-1/b22-9-;/t10-,14+;/m1./s1. The second-order valence-electron chi connectivity index (χ2n) is 6.33. The summed E-state index contributed by atoms with van der Waals surface area (Å²) in [7, 11) is 1.27. The van der Waals surface area contributed by atoms with Gasteiger partial charge in [0.15, 0.2) is 10.8 Å². The Labute approximate surface area is 231 Å². The predicted octanol–water partition coefficient (Wildman–Crippen LogP) is -3.96. The number of hydrogen-bond acceptors (Lipinski definition) is 14. The molecule has 2 aliphatic heterocycles. The number of carbonyl (C=O) groups is 3. The molecule has 1 saturated heterocycles. The van der Waals surface area contributed by atoms with Crippen molar-refractivity contribution in [3.8, 4) is 0 Å². The Balaban J connectivity index is 0.00000324. The van der Waals surface area contributed by atoms with E-state index in [1.165, 1.54) is 47.8 Å². The van der Waals surface area contributed by atoms with E-state index in [9.17, 15) is 19.5 Å². The second-order valence-corrected chi connectivity index (χ2v) is 10.8. The molecule has 0 spiro atoms. The number of anilines is 1. The van der Waals surface area contributed by atoms with Crippen LogP contribution >= 0.6 is 46.6 Å². The SMILES string of the molecule is CO/N=C(\C(=O)N[C@@H]1C(=O)N2C(C(=O)[O-])=C(SCSc3cn[nH]n3)CS[C@@H]12)c1csc(N)n1.[Na+]. The van der Waals surface area contributed by atoms with Crippen LogP contribution in [0.3, 0.4) is 0 Å². The van der Waals surface area contributed by atoms with E-state index < -0.39 is 29.2 Å². The summed E-state index contributed by atoms with van der Waals surface area (Å²) in [5.74, 6) is -2.36. The maximum absolute atomic E-state index is 12.8. The van der Waals surface area contributed by atoms with Crippen molar-refractivity contribution in [1.29, 1.82) is 0 Å². The van der Waals surface area contributed by atoms with Crippen molar-refractivity contribution in [1.82, 2.24) is 30.6 Å². The number of fused-ring (bicyclic) bond motifs is 1. The Bertz CT molecular complexity index is 1140. The average molecular weight is 551 g/mol. The van der Waals surface area contributed by atoms with E-state index >= 15 is 0 Å². The van der Waals surface area contributed by atoms with Gasteiger partial charge in [0.25, 0.3) is 11.8 Å². The van der Waals surface area contributed by atoms with Crippen LogP contribution in [-0.4, -0.2) is 78.2 Å². The van der Waals surface area contributed by atoms with Gasteiger partial charge in [0.05, 0.1) is 22.9 Å². The Hall–Kier alpha value is -1.76. The van der Waals surface area contributed by atoms with Crippen LogP contribution in [0, 0.1) is 0 Å². The smallest absolute Gasteiger partial charge is 0.543 e. The third kappa shape index (κ3) is 5.55. The number of aromatic amines is 1. The van der Waals surface area contributed by atoms with Gasteiger partial charge in [0, 0.05) is 16.0 Å². The number of thioether (sulfide) groups is 3. The fourth-order valence-electron chi connectivity index (χ4n) is 3.01. The van der Waals surface area contributed by atoms with Crippen molar-refractivity contribution in [2.75, 3.05) is 23.7 Å². The second kappa shape index (κ2) is 11.8. The Morgan fingerprint density at radius 1 is 1.47 bits per heavy atom. The first-order valence-corrected chi connectivity index (χ1v) is 12.9. The number of hydrogen-bond donors (Lipinski definition) is 3. The Kier molecular flexibility index (Phi) is 9.30. The molecule has 0 aliphatic carbocycles. The van der Waals surface area contributed by atoms with Crippen molar-refractivity contribution in [2.24, 2.45) is 5.16 Å². The molecule has 18 heteroatoms. The largest absolute Gasteiger partial charge is 1.00 e. The van der Waals surface area contributed by atoms with E-state index in [1.54, 1.807) is 6.20 Å². The van der Waals surface area contributed by atoms with Gasteiger partial charge >= 0.3 is 29.6 Å². The number of nitrogen functional groups attached to an aromatic ring is 1. The van der Waals surface area contributed by atoms with Crippen LogP contribution in [0.2, 0.25) is 0 Å². The molecule has 2 aromatic rings. The minimum absolute atomic E-state index is 0. The first-order chi connectivity index (χ1) is 15.9. The number of rotatable bonds is 9. The van der Waals surface area contributed by atoms with E-state index in [0.29, 0.717) is 20.8 Å². The van der Waals surface area contributed by atoms with Gasteiger partial charge in [0.2, 0.25) is 0 Å². The number of nitrogens with one attached hydrogen (secondary N) is 2. The van der Waals surface area contributed by atoms with E-state index in [1.807, 2.05) is 0 Å². The molecule has 0 radical (unpaired) electrons. The van der Waals surface area contributed by atoms with Gasteiger partial charge in [-0.1, -0.05) is 16.9 Å². The normalized spacial score (nSPS) is 19.7. The monoisotopic (exact) mass is 550 g/mol. The van der Waals surface area contributed by atoms with Crippen LogP contribution in [0.4, 0.5) is 5.13 Å². The van der Waals surface area contributed by atoms with Gasteiger partial charge in [-0.15, -0.1) is 40.0 Å². The maximum Gasteiger partial charge on any atom is 1.00 e. The van der Waals surface area contributed by atoms with Crippen LogP contribution in [0.15, 0.2) is 32.4 Å². The molecule has 2 amide bonds. The van der Waals surface area contributed by atoms with Crippen LogP contribution in [0.1, 0.15) is 5.69 Å². The average Bonchev–Trinajstić information content (AvgIpc) is 3.46. The number of aliphatic carboxylic acids is 1. The molecule has 2 aliphatic rings. The molecule has 34 heavy (non-hydrogen) atoms. The first kappa shape index (κ1) is 26.8. The number of aromatic nitrogens is 4. The van der Waals surface area contributed by atoms with Gasteiger partial charge < -0.3 is 25.8 Å². The van der Waals surface area contributed by atoms with Crippen LogP contribution in [0.5, 0.6) is 0 Å². The molecule has 2 aromatic heterocycles. The number of thiazole rings is 1. The summed E-state index contributed by atoms with van der Waals surface area (Å²) in [6.45, 7) is 0. The molecular weight excluding hydrogens is 535 g/mol. The molecule has 0 bridgehead atoms. The van der Waals surface area contributed by atoms with Crippen molar-refractivity contribution < 1.29 is 53.9 Å². The quantitative estimate of drug-likeness (QED) is 0.0686. The van der Waals surface area contributed by atoms with E-state index in [4.69, 9.17) is 10.6 Å². The molecule has 1 fully saturated rings. The first-order valence-electron chi connectivity index (χ1n) is 9.04. The zero-order chi connectivity index (χ0) is 23.5. The Morgan fingerprint density at radius 3 is 2.88 bits per heavy atom. The number of nitrogens with zero attached hydrogens (tertiary/aromatic N) is 5. The third-order valence-electron chi connectivity index (χ3n) is 4.41. The summed E-state index contributed by atoms with van der Waals surface area (Å²) in [5.41, 5.74) is 5.49. The molecule has 13 nitrogen and oxygen atoms in total. The van der Waals surface area contributed by atoms with Crippen LogP contribution in [-0.2, 0) is 19.2 Å². The van der Waals surface area contributed by atoms with Gasteiger partial charge in [-0.25, -0.2) is 4.98 Å². The van der Waals surface area contributed by atoms with E-state index in [0.717, 1.165) is 16.2 Å². The molecule has 0 aromatic carbocycles. The number of oxime groups is 1. The number of H-pyrrole nitrogens is 1. The number of carboxylic acids is 1. The number of amides is 2. The minimum atomic E-state index is -1.45. The van der Waals surface area contributed by atoms with Crippen LogP contribution < -0.4 is 45.7 Å². The molecular formula is C16H15N8NaO5S4. The summed E-state index contributed by atoms with van der Waals surface area (Å²) in [6, 6.07) is -0.939. The molecule has 4 heterocycles. The summed E-state index contributed by atoms with van der Waals surface area (Å²) in [4.78, 5) is 47.8. The molecule has 4 N–H and O–H groups in total. The number of nitrogens with two attached hydrogens (primary N) is 1. The van der Waals surface area contributed by atoms with Crippen molar-refractivity contribution >= 4 is 75.2 Å². The number of carboxylic acid groups (broad SMARTS) is 1. The zero-order valence-electron chi connectivity index (χ0n) is 17.7. The fourth-order valence-corrected chi connectivity index (χ4v) is 7.13. The van der Waals surface area contributed by atoms with E-state index in [-0.39, 0.29) is 51.8 Å². The molecule has 174 valence electrons. The minimum Gasteiger partial charge on any atom is -0.543 e. The molecule has 4 rings (SSSR count). The van der Waals surface area contributed by atoms with Crippen molar-refractivity contribution in [3.05, 3.63) is 27.9 Å². The third-order valence-corrected chi connectivity index (χ3v) is 8.67. The summed E-state index contributed by atoms with van der Waals surface area (Å²) in [6.07, 6.45) is 1.55. The number of carbonyl (C=O) groups excluding carboxylic acids is 3. The van der Waals surface area contributed by atoms with Crippen molar-refractivity contribution in [3.63, 3.8) is 0 Å².